The first-order chi connectivity index (χ1) is 8.17. The first-order valence-corrected chi connectivity index (χ1v) is 6.07. The number of anilines is 2. The molecule has 1 N–H and O–H groups in total. The van der Waals surface area contributed by atoms with Crippen LogP contribution >= 0.6 is 27.5 Å². The predicted molar refractivity (Wildman–Crippen MR) is 73.2 cm³/mol. The molecule has 0 saturated heterocycles. The van der Waals surface area contributed by atoms with E-state index in [0.29, 0.717) is 5.02 Å². The van der Waals surface area contributed by atoms with Crippen molar-refractivity contribution >= 4 is 39.0 Å². The van der Waals surface area contributed by atoms with Crippen LogP contribution in [0.1, 0.15) is 0 Å². The highest BCUT2D eigenvalue weighted by atomic mass is 79.9. The molecule has 0 spiro atoms. The first-order valence-electron chi connectivity index (χ1n) is 4.90. The second-order valence-corrected chi connectivity index (χ2v) is 4.72. The summed E-state index contributed by atoms with van der Waals surface area (Å²) in [7, 11) is 1.63. The van der Waals surface area contributed by atoms with Crippen molar-refractivity contribution in [3.63, 3.8) is 0 Å². The van der Waals surface area contributed by atoms with Gasteiger partial charge in [0.15, 0.2) is 0 Å². The van der Waals surface area contributed by atoms with E-state index in [1.165, 1.54) is 0 Å². The Kier molecular flexibility index (Phi) is 3.86. The van der Waals surface area contributed by atoms with Gasteiger partial charge in [-0.2, -0.15) is 0 Å². The van der Waals surface area contributed by atoms with Gasteiger partial charge in [-0.1, -0.05) is 27.5 Å². The van der Waals surface area contributed by atoms with Gasteiger partial charge in [0, 0.05) is 22.4 Å². The second kappa shape index (κ2) is 5.38. The fourth-order valence-electron chi connectivity index (χ4n) is 1.35. The Hall–Kier alpha value is -1.26. The van der Waals surface area contributed by atoms with E-state index in [1.54, 1.807) is 19.4 Å². The normalized spacial score (nSPS) is 10.1. The summed E-state index contributed by atoms with van der Waals surface area (Å²) in [5.41, 5.74) is 0.894. The number of ether oxygens (including phenoxy) is 1. The molecule has 0 fully saturated rings. The highest BCUT2D eigenvalue weighted by Crippen LogP contribution is 2.26. The van der Waals surface area contributed by atoms with Gasteiger partial charge < -0.3 is 10.1 Å². The zero-order valence-electron chi connectivity index (χ0n) is 9.08. The molecule has 1 aromatic carbocycles. The molecule has 1 aromatic heterocycles. The Bertz CT molecular complexity index is 516. The van der Waals surface area contributed by atoms with Crippen LogP contribution in [0.4, 0.5) is 11.5 Å². The largest absolute Gasteiger partial charge is 0.497 e. The Morgan fingerprint density at radius 2 is 2.12 bits per heavy atom. The first kappa shape index (κ1) is 12.2. The van der Waals surface area contributed by atoms with Crippen LogP contribution in [0.3, 0.4) is 0 Å². The number of nitrogens with zero attached hydrogens (tertiary/aromatic N) is 1. The molecule has 2 aromatic rings. The van der Waals surface area contributed by atoms with E-state index in [-0.39, 0.29) is 0 Å². The van der Waals surface area contributed by atoms with Crippen molar-refractivity contribution in [2.75, 3.05) is 12.4 Å². The Morgan fingerprint density at radius 1 is 1.29 bits per heavy atom. The molecule has 3 nitrogen and oxygen atoms in total. The number of rotatable bonds is 3. The molecule has 0 saturated carbocycles. The lowest BCUT2D eigenvalue weighted by Gasteiger charge is -2.08. The van der Waals surface area contributed by atoms with Crippen LogP contribution in [0, 0.1) is 0 Å². The molecule has 0 aliphatic heterocycles. The van der Waals surface area contributed by atoms with E-state index in [4.69, 9.17) is 16.3 Å². The topological polar surface area (TPSA) is 34.1 Å². The molecule has 88 valence electrons. The average molecular weight is 314 g/mol. The van der Waals surface area contributed by atoms with E-state index in [0.717, 1.165) is 21.7 Å². The number of hydrogen-bond donors (Lipinski definition) is 1. The van der Waals surface area contributed by atoms with Gasteiger partial charge in [-0.25, -0.2) is 4.98 Å². The van der Waals surface area contributed by atoms with Gasteiger partial charge in [0.2, 0.25) is 0 Å². The highest BCUT2D eigenvalue weighted by molar-refractivity contribution is 9.10. The summed E-state index contributed by atoms with van der Waals surface area (Å²) >= 11 is 9.19. The summed E-state index contributed by atoms with van der Waals surface area (Å²) < 4.78 is 6.12. The van der Waals surface area contributed by atoms with Crippen molar-refractivity contribution in [1.82, 2.24) is 4.98 Å². The summed E-state index contributed by atoms with van der Waals surface area (Å²) in [6, 6.07) is 9.32. The van der Waals surface area contributed by atoms with Crippen molar-refractivity contribution in [2.24, 2.45) is 0 Å². The van der Waals surface area contributed by atoms with Crippen LogP contribution < -0.4 is 10.1 Å². The lowest BCUT2D eigenvalue weighted by molar-refractivity contribution is 0.415. The molecule has 0 aliphatic carbocycles. The fourth-order valence-corrected chi connectivity index (χ4v) is 1.93. The van der Waals surface area contributed by atoms with Crippen molar-refractivity contribution in [1.29, 1.82) is 0 Å². The molecule has 17 heavy (non-hydrogen) atoms. The molecule has 0 amide bonds. The Morgan fingerprint density at radius 3 is 2.76 bits per heavy atom. The smallest absolute Gasteiger partial charge is 0.130 e. The van der Waals surface area contributed by atoms with Crippen molar-refractivity contribution in [2.45, 2.75) is 0 Å². The molecule has 1 heterocycles. The third-order valence-electron chi connectivity index (χ3n) is 2.11. The second-order valence-electron chi connectivity index (χ2n) is 3.37. The predicted octanol–water partition coefficient (Wildman–Crippen LogP) is 4.25. The third kappa shape index (κ3) is 3.35. The lowest BCUT2D eigenvalue weighted by atomic mass is 10.3. The van der Waals surface area contributed by atoms with Gasteiger partial charge in [-0.3, -0.25) is 0 Å². The minimum Gasteiger partial charge on any atom is -0.497 e. The molecule has 0 radical (unpaired) electrons. The maximum Gasteiger partial charge on any atom is 0.130 e. The van der Waals surface area contributed by atoms with Gasteiger partial charge in [-0.05, 0) is 24.3 Å². The number of halogens is 2. The van der Waals surface area contributed by atoms with Gasteiger partial charge in [-0.15, -0.1) is 0 Å². The van der Waals surface area contributed by atoms with Crippen molar-refractivity contribution in [3.05, 3.63) is 46.0 Å². The summed E-state index contributed by atoms with van der Waals surface area (Å²) in [6.45, 7) is 0. The van der Waals surface area contributed by atoms with Gasteiger partial charge in [0.05, 0.1) is 12.1 Å². The maximum atomic E-state index is 5.77. The Labute approximate surface area is 113 Å². The lowest BCUT2D eigenvalue weighted by Crippen LogP contribution is -1.93. The number of benzene rings is 1. The molecule has 0 unspecified atom stereocenters. The number of hydrogen-bond acceptors (Lipinski definition) is 3. The third-order valence-corrected chi connectivity index (χ3v) is 2.79. The zero-order valence-corrected chi connectivity index (χ0v) is 11.4. The van der Waals surface area contributed by atoms with Crippen LogP contribution in [0.25, 0.3) is 0 Å². The Balaban J connectivity index is 2.23. The van der Waals surface area contributed by atoms with Crippen molar-refractivity contribution < 1.29 is 4.74 Å². The average Bonchev–Trinajstić information content (AvgIpc) is 2.31. The van der Waals surface area contributed by atoms with Gasteiger partial charge in [0.25, 0.3) is 0 Å². The van der Waals surface area contributed by atoms with E-state index in [9.17, 15) is 0 Å². The van der Waals surface area contributed by atoms with Crippen LogP contribution in [0.2, 0.25) is 5.02 Å². The quantitative estimate of drug-likeness (QED) is 0.920. The molecule has 0 bridgehead atoms. The number of pyridine rings is 1. The number of nitrogens with one attached hydrogen (secondary N) is 1. The number of aromatic nitrogens is 1. The van der Waals surface area contributed by atoms with E-state index >= 15 is 0 Å². The molecule has 0 aliphatic rings. The molecular weight excluding hydrogens is 304 g/mol. The molecule has 2 rings (SSSR count). The monoisotopic (exact) mass is 312 g/mol. The SMILES string of the molecule is COc1cc(Br)cc(Nc2ccc(Cl)cn2)c1. The summed E-state index contributed by atoms with van der Waals surface area (Å²) in [5, 5.41) is 3.78. The van der Waals surface area contributed by atoms with E-state index in [1.807, 2.05) is 24.3 Å². The fraction of sp³-hybridized carbons (Fsp3) is 0.0833. The zero-order chi connectivity index (χ0) is 12.3. The van der Waals surface area contributed by atoms with Crippen LogP contribution in [-0.4, -0.2) is 12.1 Å². The van der Waals surface area contributed by atoms with E-state index in [2.05, 4.69) is 26.2 Å². The van der Waals surface area contributed by atoms with Crippen molar-refractivity contribution in [3.8, 4) is 5.75 Å². The van der Waals surface area contributed by atoms with Crippen LogP contribution in [-0.2, 0) is 0 Å². The summed E-state index contributed by atoms with van der Waals surface area (Å²) in [4.78, 5) is 4.16. The van der Waals surface area contributed by atoms with Gasteiger partial charge >= 0.3 is 0 Å². The standard InChI is InChI=1S/C12H10BrClN2O/c1-17-11-5-8(13)4-10(6-11)16-12-3-2-9(14)7-15-12/h2-7H,1H3,(H,15,16). The number of methoxy groups -OCH3 is 1. The molecular formula is C12H10BrClN2O. The molecule has 0 atom stereocenters. The molecule has 5 heteroatoms. The maximum absolute atomic E-state index is 5.77. The van der Waals surface area contributed by atoms with Gasteiger partial charge in [0.1, 0.15) is 11.6 Å². The van der Waals surface area contributed by atoms with Crippen LogP contribution in [0.15, 0.2) is 41.0 Å². The summed E-state index contributed by atoms with van der Waals surface area (Å²) in [5.74, 6) is 1.50. The highest BCUT2D eigenvalue weighted by Gasteiger charge is 2.01. The summed E-state index contributed by atoms with van der Waals surface area (Å²) in [6.07, 6.45) is 1.60. The van der Waals surface area contributed by atoms with E-state index < -0.39 is 0 Å². The van der Waals surface area contributed by atoms with Crippen LogP contribution in [0.5, 0.6) is 5.75 Å². The minimum absolute atomic E-state index is 0.613. The minimum atomic E-state index is 0.613.